The van der Waals surface area contributed by atoms with Gasteiger partial charge in [0.15, 0.2) is 11.5 Å². The van der Waals surface area contributed by atoms with Crippen LogP contribution in [-0.4, -0.2) is 26.1 Å². The summed E-state index contributed by atoms with van der Waals surface area (Å²) in [7, 11) is 0. The number of hydrogen-bond donors (Lipinski definition) is 1. The van der Waals surface area contributed by atoms with E-state index in [1.807, 2.05) is 44.3 Å². The van der Waals surface area contributed by atoms with Gasteiger partial charge < -0.3 is 15.1 Å². The second-order valence-corrected chi connectivity index (χ2v) is 7.73. The number of benzene rings is 1. The van der Waals surface area contributed by atoms with Gasteiger partial charge in [-0.3, -0.25) is 0 Å². The lowest BCUT2D eigenvalue weighted by Gasteiger charge is -2.27. The quantitative estimate of drug-likeness (QED) is 0.513. The Morgan fingerprint density at radius 2 is 2.13 bits per heavy atom. The Balaban J connectivity index is 1.60. The van der Waals surface area contributed by atoms with Crippen molar-refractivity contribution in [1.82, 2.24) is 19.6 Å². The predicted molar refractivity (Wildman–Crippen MR) is 118 cm³/mol. The second kappa shape index (κ2) is 7.54. The van der Waals surface area contributed by atoms with E-state index in [0.29, 0.717) is 22.9 Å². The van der Waals surface area contributed by atoms with Gasteiger partial charge in [-0.1, -0.05) is 18.2 Å². The first-order valence-electron chi connectivity index (χ1n) is 10.3. The fourth-order valence-corrected chi connectivity index (χ4v) is 4.30. The van der Waals surface area contributed by atoms with E-state index >= 15 is 0 Å². The first kappa shape index (κ1) is 19.3. The zero-order valence-corrected chi connectivity index (χ0v) is 17.4. The highest BCUT2D eigenvalue weighted by Crippen LogP contribution is 2.38. The van der Waals surface area contributed by atoms with Crippen LogP contribution in [0.2, 0.25) is 0 Å². The van der Waals surface area contributed by atoms with E-state index in [-0.39, 0.29) is 11.9 Å². The summed E-state index contributed by atoms with van der Waals surface area (Å²) in [6.07, 6.45) is 9.32. The standard InChI is InChI=1S/C23H23FN6O/c1-3-5-15-7-8-16(24)12-17(15)18-6-4-10-29(18)19-9-11-30-22(27-19)20(21(25)28-30)23-26-14(2)13-31-23/h3,5,7-9,11-13,18H,4,6,10H2,1-2H3,(H2,25,28)/b5-3+. The first-order chi connectivity index (χ1) is 15.0. The molecule has 0 amide bonds. The van der Waals surface area contributed by atoms with Gasteiger partial charge in [0.2, 0.25) is 5.89 Å². The van der Waals surface area contributed by atoms with Crippen LogP contribution in [0.5, 0.6) is 0 Å². The molecule has 1 aliphatic heterocycles. The molecule has 5 rings (SSSR count). The molecule has 158 valence electrons. The van der Waals surface area contributed by atoms with Crippen molar-refractivity contribution in [2.75, 3.05) is 17.2 Å². The summed E-state index contributed by atoms with van der Waals surface area (Å²) < 4.78 is 21.3. The third kappa shape index (κ3) is 3.34. The first-order valence-corrected chi connectivity index (χ1v) is 10.3. The molecule has 8 heteroatoms. The van der Waals surface area contributed by atoms with E-state index in [2.05, 4.69) is 15.0 Å². The maximum Gasteiger partial charge on any atom is 0.233 e. The summed E-state index contributed by atoms with van der Waals surface area (Å²) in [5.74, 6) is 1.26. The molecular formula is C23H23FN6O. The number of nitrogen functional groups attached to an aromatic ring is 1. The molecule has 1 aliphatic rings. The molecule has 1 atom stereocenters. The number of aryl methyl sites for hydroxylation is 1. The maximum absolute atomic E-state index is 14.1. The van der Waals surface area contributed by atoms with E-state index < -0.39 is 0 Å². The van der Waals surface area contributed by atoms with Crippen molar-refractivity contribution in [2.24, 2.45) is 0 Å². The second-order valence-electron chi connectivity index (χ2n) is 7.73. The molecule has 1 saturated heterocycles. The predicted octanol–water partition coefficient (Wildman–Crippen LogP) is 4.79. The van der Waals surface area contributed by atoms with Crippen LogP contribution in [0, 0.1) is 12.7 Å². The Bertz CT molecular complexity index is 1290. The Kier molecular flexibility index (Phi) is 4.69. The van der Waals surface area contributed by atoms with Crippen molar-refractivity contribution < 1.29 is 8.81 Å². The Morgan fingerprint density at radius 3 is 2.90 bits per heavy atom. The largest absolute Gasteiger partial charge is 0.444 e. The normalized spacial score (nSPS) is 16.7. The van der Waals surface area contributed by atoms with Crippen molar-refractivity contribution in [1.29, 1.82) is 0 Å². The zero-order chi connectivity index (χ0) is 21.5. The van der Waals surface area contributed by atoms with E-state index in [9.17, 15) is 4.39 Å². The minimum absolute atomic E-state index is 0.0320. The number of fused-ring (bicyclic) bond motifs is 1. The minimum Gasteiger partial charge on any atom is -0.444 e. The van der Waals surface area contributed by atoms with Crippen LogP contribution in [0.3, 0.4) is 0 Å². The number of anilines is 2. The molecule has 1 fully saturated rings. The van der Waals surface area contributed by atoms with Gasteiger partial charge in [0.05, 0.1) is 11.7 Å². The molecule has 7 nitrogen and oxygen atoms in total. The third-order valence-corrected chi connectivity index (χ3v) is 5.63. The molecule has 0 aliphatic carbocycles. The van der Waals surface area contributed by atoms with Crippen molar-refractivity contribution >= 4 is 23.4 Å². The van der Waals surface area contributed by atoms with E-state index in [0.717, 1.165) is 42.0 Å². The molecular weight excluding hydrogens is 395 g/mol. The van der Waals surface area contributed by atoms with Crippen LogP contribution < -0.4 is 10.6 Å². The van der Waals surface area contributed by atoms with Crippen molar-refractivity contribution in [2.45, 2.75) is 32.7 Å². The summed E-state index contributed by atoms with van der Waals surface area (Å²) in [6, 6.07) is 6.91. The highest BCUT2D eigenvalue weighted by atomic mass is 19.1. The van der Waals surface area contributed by atoms with Gasteiger partial charge in [-0.2, -0.15) is 0 Å². The molecule has 4 heterocycles. The Hall–Kier alpha value is -3.68. The number of aromatic nitrogens is 4. The molecule has 0 saturated carbocycles. The fraction of sp³-hybridized carbons (Fsp3) is 0.261. The van der Waals surface area contributed by atoms with Crippen molar-refractivity contribution in [3.63, 3.8) is 0 Å². The van der Waals surface area contributed by atoms with Crippen LogP contribution in [0.25, 0.3) is 23.2 Å². The zero-order valence-electron chi connectivity index (χ0n) is 17.4. The number of hydrogen-bond acceptors (Lipinski definition) is 6. The number of nitrogens with two attached hydrogens (primary N) is 1. The SMILES string of the molecule is C/C=C/c1ccc(F)cc1C1CCCN1c1ccn2nc(N)c(-c3nc(C)co3)c2n1. The van der Waals surface area contributed by atoms with Crippen molar-refractivity contribution in [3.05, 3.63) is 65.4 Å². The molecule has 31 heavy (non-hydrogen) atoms. The van der Waals surface area contributed by atoms with Gasteiger partial charge in [-0.25, -0.2) is 18.9 Å². The van der Waals surface area contributed by atoms with Gasteiger partial charge in [-0.15, -0.1) is 5.10 Å². The van der Waals surface area contributed by atoms with E-state index in [1.54, 1.807) is 16.8 Å². The van der Waals surface area contributed by atoms with E-state index in [1.165, 1.54) is 6.07 Å². The van der Waals surface area contributed by atoms with Gasteiger partial charge in [0, 0.05) is 12.7 Å². The molecule has 3 aromatic heterocycles. The van der Waals surface area contributed by atoms with Crippen LogP contribution in [0.15, 0.2) is 47.2 Å². The summed E-state index contributed by atoms with van der Waals surface area (Å²) >= 11 is 0. The summed E-state index contributed by atoms with van der Waals surface area (Å²) in [6.45, 7) is 4.64. The lowest BCUT2D eigenvalue weighted by atomic mass is 9.97. The monoisotopic (exact) mass is 418 g/mol. The van der Waals surface area contributed by atoms with E-state index in [4.69, 9.17) is 15.1 Å². The Morgan fingerprint density at radius 1 is 1.26 bits per heavy atom. The fourth-order valence-electron chi connectivity index (χ4n) is 4.30. The van der Waals surface area contributed by atoms with Crippen LogP contribution in [-0.2, 0) is 0 Å². The summed E-state index contributed by atoms with van der Waals surface area (Å²) in [5, 5.41) is 4.35. The highest BCUT2D eigenvalue weighted by Gasteiger charge is 2.30. The van der Waals surface area contributed by atoms with Crippen LogP contribution >= 0.6 is 0 Å². The smallest absolute Gasteiger partial charge is 0.233 e. The Labute approximate surface area is 179 Å². The van der Waals surface area contributed by atoms with Gasteiger partial charge in [0.25, 0.3) is 0 Å². The topological polar surface area (TPSA) is 85.5 Å². The molecule has 0 bridgehead atoms. The molecule has 4 aromatic rings. The number of allylic oxidation sites excluding steroid dienone is 1. The lowest BCUT2D eigenvalue weighted by Crippen LogP contribution is -2.24. The molecule has 0 radical (unpaired) electrons. The minimum atomic E-state index is -0.233. The maximum atomic E-state index is 14.1. The average Bonchev–Trinajstić information content (AvgIpc) is 3.46. The molecule has 0 spiro atoms. The summed E-state index contributed by atoms with van der Waals surface area (Å²) in [4.78, 5) is 11.5. The van der Waals surface area contributed by atoms with Gasteiger partial charge in [0.1, 0.15) is 23.5 Å². The van der Waals surface area contributed by atoms with Crippen molar-refractivity contribution in [3.8, 4) is 11.5 Å². The highest BCUT2D eigenvalue weighted by molar-refractivity contribution is 5.82. The number of nitrogens with zero attached hydrogens (tertiary/aromatic N) is 5. The molecule has 1 aromatic carbocycles. The number of halogens is 1. The molecule has 1 unspecified atom stereocenters. The third-order valence-electron chi connectivity index (χ3n) is 5.63. The van der Waals surface area contributed by atoms with Gasteiger partial charge >= 0.3 is 0 Å². The lowest BCUT2D eigenvalue weighted by molar-refractivity contribution is 0.574. The van der Waals surface area contributed by atoms with Gasteiger partial charge in [-0.05, 0) is 56.0 Å². The van der Waals surface area contributed by atoms with Crippen LogP contribution in [0.4, 0.5) is 16.0 Å². The average molecular weight is 418 g/mol. The number of rotatable bonds is 4. The number of oxazole rings is 1. The summed E-state index contributed by atoms with van der Waals surface area (Å²) in [5.41, 5.74) is 10.0. The molecule has 2 N–H and O–H groups in total. The van der Waals surface area contributed by atoms with Crippen LogP contribution in [0.1, 0.15) is 42.6 Å².